The number of hydrogen-bond acceptors (Lipinski definition) is 3. The molecule has 0 atom stereocenters. The lowest BCUT2D eigenvalue weighted by Crippen LogP contribution is -2.12. The monoisotopic (exact) mass is 415 g/mol. The van der Waals surface area contributed by atoms with Crippen LogP contribution in [0.5, 0.6) is 5.75 Å². The number of halogens is 1. The zero-order valence-corrected chi connectivity index (χ0v) is 17.9. The number of aromatic nitrogens is 1. The first-order valence-electron chi connectivity index (χ1n) is 9.91. The predicted octanol–water partition coefficient (Wildman–Crippen LogP) is 7.21. The second kappa shape index (κ2) is 8.29. The maximum Gasteiger partial charge on any atom is 0.344 e. The standard InChI is InChI=1S/C26H22ClNO2/c1-16(2)20-13-8-17(3)14-25(20)30-26(29)22-15-24(18-9-11-19(27)12-10-18)28-23-7-5-4-6-21(22)23/h4-16H,1-3H3. The van der Waals surface area contributed by atoms with E-state index in [1.54, 1.807) is 6.07 Å². The number of esters is 1. The van der Waals surface area contributed by atoms with Gasteiger partial charge in [-0.2, -0.15) is 0 Å². The van der Waals surface area contributed by atoms with Crippen LogP contribution in [0.4, 0.5) is 0 Å². The molecule has 4 heteroatoms. The fourth-order valence-electron chi connectivity index (χ4n) is 3.47. The van der Waals surface area contributed by atoms with Gasteiger partial charge in [-0.25, -0.2) is 9.78 Å². The van der Waals surface area contributed by atoms with Crippen molar-refractivity contribution in [2.75, 3.05) is 0 Å². The highest BCUT2D eigenvalue weighted by Gasteiger charge is 2.18. The zero-order chi connectivity index (χ0) is 21.3. The molecule has 4 aromatic rings. The van der Waals surface area contributed by atoms with Gasteiger partial charge in [0, 0.05) is 16.0 Å². The first kappa shape index (κ1) is 20.1. The minimum absolute atomic E-state index is 0.243. The molecule has 0 unspecified atom stereocenters. The Bertz CT molecular complexity index is 1230. The zero-order valence-electron chi connectivity index (χ0n) is 17.1. The summed E-state index contributed by atoms with van der Waals surface area (Å²) in [5.41, 5.74) is 4.86. The SMILES string of the molecule is Cc1ccc(C(C)C)c(OC(=O)c2cc(-c3ccc(Cl)cc3)nc3ccccc23)c1. The van der Waals surface area contributed by atoms with E-state index in [2.05, 4.69) is 13.8 Å². The van der Waals surface area contributed by atoms with Crippen molar-refractivity contribution >= 4 is 28.5 Å². The summed E-state index contributed by atoms with van der Waals surface area (Å²) in [6, 6.07) is 22.8. The highest BCUT2D eigenvalue weighted by atomic mass is 35.5. The lowest BCUT2D eigenvalue weighted by Gasteiger charge is -2.15. The Morgan fingerprint density at radius 3 is 2.43 bits per heavy atom. The van der Waals surface area contributed by atoms with Crippen LogP contribution in [0, 0.1) is 6.92 Å². The van der Waals surface area contributed by atoms with Gasteiger partial charge in [0.2, 0.25) is 0 Å². The van der Waals surface area contributed by atoms with Crippen LogP contribution >= 0.6 is 11.6 Å². The van der Waals surface area contributed by atoms with Crippen LogP contribution in [-0.4, -0.2) is 11.0 Å². The number of benzene rings is 3. The van der Waals surface area contributed by atoms with Gasteiger partial charge in [-0.3, -0.25) is 0 Å². The normalized spacial score (nSPS) is 11.1. The van der Waals surface area contributed by atoms with Gasteiger partial charge in [0.25, 0.3) is 0 Å². The second-order valence-corrected chi connectivity index (χ2v) is 8.10. The number of fused-ring (bicyclic) bond motifs is 1. The molecule has 150 valence electrons. The topological polar surface area (TPSA) is 39.2 Å². The summed E-state index contributed by atoms with van der Waals surface area (Å²) in [6.45, 7) is 6.16. The molecule has 0 aliphatic rings. The second-order valence-electron chi connectivity index (χ2n) is 7.66. The van der Waals surface area contributed by atoms with Crippen molar-refractivity contribution in [3.8, 4) is 17.0 Å². The molecule has 3 nitrogen and oxygen atoms in total. The van der Waals surface area contributed by atoms with E-state index >= 15 is 0 Å². The predicted molar refractivity (Wildman–Crippen MR) is 122 cm³/mol. The molecular formula is C26H22ClNO2. The van der Waals surface area contributed by atoms with Crippen LogP contribution < -0.4 is 4.74 Å². The Labute approximate surface area is 181 Å². The van der Waals surface area contributed by atoms with Crippen molar-refractivity contribution in [2.24, 2.45) is 0 Å². The number of nitrogens with zero attached hydrogens (tertiary/aromatic N) is 1. The Hall–Kier alpha value is -3.17. The molecule has 4 rings (SSSR count). The van der Waals surface area contributed by atoms with Gasteiger partial charge in [-0.15, -0.1) is 0 Å². The maximum atomic E-state index is 13.3. The van der Waals surface area contributed by atoms with Crippen molar-refractivity contribution in [3.63, 3.8) is 0 Å². The molecule has 3 aromatic carbocycles. The molecule has 0 saturated heterocycles. The minimum atomic E-state index is -0.392. The minimum Gasteiger partial charge on any atom is -0.423 e. The van der Waals surface area contributed by atoms with Gasteiger partial charge in [0.15, 0.2) is 0 Å². The van der Waals surface area contributed by atoms with E-state index in [1.165, 1.54) is 0 Å². The molecule has 0 bridgehead atoms. The molecule has 0 N–H and O–H groups in total. The molecule has 0 spiro atoms. The number of para-hydroxylation sites is 1. The van der Waals surface area contributed by atoms with E-state index in [0.717, 1.165) is 27.6 Å². The first-order valence-corrected chi connectivity index (χ1v) is 10.3. The van der Waals surface area contributed by atoms with Gasteiger partial charge in [-0.1, -0.05) is 67.9 Å². The van der Waals surface area contributed by atoms with Crippen LogP contribution in [0.1, 0.15) is 41.3 Å². The largest absolute Gasteiger partial charge is 0.423 e. The van der Waals surface area contributed by atoms with Crippen molar-refractivity contribution in [1.82, 2.24) is 4.98 Å². The number of carbonyl (C=O) groups excluding carboxylic acids is 1. The summed E-state index contributed by atoms with van der Waals surface area (Å²) < 4.78 is 5.90. The highest BCUT2D eigenvalue weighted by molar-refractivity contribution is 6.30. The number of ether oxygens (including phenoxy) is 1. The van der Waals surface area contributed by atoms with Crippen molar-refractivity contribution in [3.05, 3.63) is 94.5 Å². The van der Waals surface area contributed by atoms with Crippen molar-refractivity contribution in [1.29, 1.82) is 0 Å². The van der Waals surface area contributed by atoms with Gasteiger partial charge < -0.3 is 4.74 Å². The fraction of sp³-hybridized carbons (Fsp3) is 0.154. The van der Waals surface area contributed by atoms with E-state index in [9.17, 15) is 4.79 Å². The lowest BCUT2D eigenvalue weighted by atomic mass is 10.0. The third-order valence-electron chi connectivity index (χ3n) is 5.07. The van der Waals surface area contributed by atoms with Crippen LogP contribution in [0.15, 0.2) is 72.8 Å². The molecule has 0 saturated carbocycles. The van der Waals surface area contributed by atoms with Crippen molar-refractivity contribution < 1.29 is 9.53 Å². The van der Waals surface area contributed by atoms with E-state index in [4.69, 9.17) is 21.3 Å². The van der Waals surface area contributed by atoms with Crippen LogP contribution in [0.2, 0.25) is 5.02 Å². The average Bonchev–Trinajstić information content (AvgIpc) is 2.73. The van der Waals surface area contributed by atoms with Gasteiger partial charge in [0.1, 0.15) is 5.75 Å². The molecule has 1 heterocycles. The smallest absolute Gasteiger partial charge is 0.344 e. The summed E-state index contributed by atoms with van der Waals surface area (Å²) in [4.78, 5) is 18.0. The van der Waals surface area contributed by atoms with E-state index in [-0.39, 0.29) is 5.92 Å². The number of carbonyl (C=O) groups is 1. The fourth-order valence-corrected chi connectivity index (χ4v) is 3.60. The molecule has 0 aliphatic carbocycles. The highest BCUT2D eigenvalue weighted by Crippen LogP contribution is 2.30. The molecule has 0 amide bonds. The quantitative estimate of drug-likeness (QED) is 0.261. The van der Waals surface area contributed by atoms with Gasteiger partial charge >= 0.3 is 5.97 Å². The van der Waals surface area contributed by atoms with E-state index < -0.39 is 5.97 Å². The molecule has 0 radical (unpaired) electrons. The lowest BCUT2D eigenvalue weighted by molar-refractivity contribution is 0.0735. The Kier molecular flexibility index (Phi) is 5.56. The molecular weight excluding hydrogens is 394 g/mol. The molecule has 0 aliphatic heterocycles. The number of pyridine rings is 1. The summed E-state index contributed by atoms with van der Waals surface area (Å²) in [5.74, 6) is 0.451. The first-order chi connectivity index (χ1) is 14.4. The summed E-state index contributed by atoms with van der Waals surface area (Å²) in [5, 5.41) is 1.42. The van der Waals surface area contributed by atoms with Gasteiger partial charge in [-0.05, 0) is 54.3 Å². The van der Waals surface area contributed by atoms with Crippen molar-refractivity contribution in [2.45, 2.75) is 26.7 Å². The number of rotatable bonds is 4. The summed E-state index contributed by atoms with van der Waals surface area (Å²) >= 11 is 6.02. The molecule has 0 fully saturated rings. The van der Waals surface area contributed by atoms with Crippen LogP contribution in [0.3, 0.4) is 0 Å². The van der Waals surface area contributed by atoms with Crippen LogP contribution in [-0.2, 0) is 0 Å². The van der Waals surface area contributed by atoms with E-state index in [1.807, 2.05) is 73.7 Å². The Morgan fingerprint density at radius 2 is 1.70 bits per heavy atom. The van der Waals surface area contributed by atoms with Gasteiger partial charge in [0.05, 0.1) is 16.8 Å². The molecule has 1 aromatic heterocycles. The molecule has 30 heavy (non-hydrogen) atoms. The summed E-state index contributed by atoms with van der Waals surface area (Å²) in [6.07, 6.45) is 0. The summed E-state index contributed by atoms with van der Waals surface area (Å²) in [7, 11) is 0. The Balaban J connectivity index is 1.81. The average molecular weight is 416 g/mol. The Morgan fingerprint density at radius 1 is 0.967 bits per heavy atom. The third kappa shape index (κ3) is 4.07. The van der Waals surface area contributed by atoms with E-state index in [0.29, 0.717) is 22.0 Å². The number of aryl methyl sites for hydroxylation is 1. The third-order valence-corrected chi connectivity index (χ3v) is 5.32. The maximum absolute atomic E-state index is 13.3. The van der Waals surface area contributed by atoms with Crippen LogP contribution in [0.25, 0.3) is 22.2 Å². The number of hydrogen-bond donors (Lipinski definition) is 0.